The highest BCUT2D eigenvalue weighted by atomic mass is 16.5. The highest BCUT2D eigenvalue weighted by molar-refractivity contribution is 6.09. The molecule has 2 aliphatic rings. The molecule has 0 fully saturated rings. The maximum atomic E-state index is 7.48. The third kappa shape index (κ3) is 4.43. The summed E-state index contributed by atoms with van der Waals surface area (Å²) in [7, 11) is 5.10. The molecule has 0 N–H and O–H groups in total. The largest absolute Gasteiger partial charge is 0.497 e. The lowest BCUT2D eigenvalue weighted by molar-refractivity contribution is 0.163. The Morgan fingerprint density at radius 1 is 0.617 bits per heavy atom. The van der Waals surface area contributed by atoms with Gasteiger partial charge in [-0.1, -0.05) is 91.9 Å². The van der Waals surface area contributed by atoms with E-state index in [9.17, 15) is 0 Å². The van der Waals surface area contributed by atoms with Crippen LogP contribution >= 0.6 is 0 Å². The fraction of sp³-hybridized carbons (Fsp3) is 0.163. The minimum Gasteiger partial charge on any atom is -0.497 e. The zero-order valence-electron chi connectivity index (χ0n) is 27.0. The second-order valence-corrected chi connectivity index (χ2v) is 12.6. The number of ether oxygens (including phenoxy) is 4. The van der Waals surface area contributed by atoms with Crippen molar-refractivity contribution >= 4 is 16.8 Å². The first-order valence-corrected chi connectivity index (χ1v) is 16.0. The Hall–Kier alpha value is -5.48. The first-order chi connectivity index (χ1) is 23.0. The van der Waals surface area contributed by atoms with Gasteiger partial charge in [0.1, 0.15) is 23.0 Å². The van der Waals surface area contributed by atoms with Crippen molar-refractivity contribution in [3.05, 3.63) is 161 Å². The number of fused-ring (bicyclic) bond motifs is 8. The first-order valence-electron chi connectivity index (χ1n) is 16.0. The fourth-order valence-electron chi connectivity index (χ4n) is 7.76. The topological polar surface area (TPSA) is 36.9 Å². The molecule has 1 atom stereocenters. The summed E-state index contributed by atoms with van der Waals surface area (Å²) < 4.78 is 24.3. The van der Waals surface area contributed by atoms with Gasteiger partial charge in [-0.25, -0.2) is 0 Å². The number of benzene rings is 6. The molecule has 0 saturated heterocycles. The molecule has 4 nitrogen and oxygen atoms in total. The van der Waals surface area contributed by atoms with Crippen molar-refractivity contribution in [3.8, 4) is 34.1 Å². The predicted molar refractivity (Wildman–Crippen MR) is 189 cm³/mol. The van der Waals surface area contributed by atoms with Crippen LogP contribution in [0.4, 0.5) is 0 Å². The van der Waals surface area contributed by atoms with Crippen molar-refractivity contribution in [1.82, 2.24) is 0 Å². The normalized spacial score (nSPS) is 16.9. The average molecular weight is 617 g/mol. The van der Waals surface area contributed by atoms with Gasteiger partial charge in [-0.15, -0.1) is 0 Å². The molecule has 1 unspecified atom stereocenters. The summed E-state index contributed by atoms with van der Waals surface area (Å²) in [5, 5.41) is 2.17. The molecule has 1 aliphatic carbocycles. The zero-order valence-corrected chi connectivity index (χ0v) is 27.0. The molecule has 6 aromatic carbocycles. The zero-order chi connectivity index (χ0) is 32.2. The molecule has 1 aliphatic heterocycles. The van der Waals surface area contributed by atoms with Crippen LogP contribution in [-0.4, -0.2) is 21.3 Å². The van der Waals surface area contributed by atoms with E-state index in [1.165, 1.54) is 27.8 Å². The number of hydrogen-bond acceptors (Lipinski definition) is 4. The molecule has 4 heteroatoms. The third-order valence-corrected chi connectivity index (χ3v) is 10.0. The smallest absolute Gasteiger partial charge is 0.178 e. The van der Waals surface area contributed by atoms with Gasteiger partial charge in [-0.3, -0.25) is 0 Å². The van der Waals surface area contributed by atoms with Crippen LogP contribution in [0.2, 0.25) is 0 Å². The van der Waals surface area contributed by atoms with Crippen LogP contribution in [0.1, 0.15) is 40.3 Å². The average Bonchev–Trinajstić information content (AvgIpc) is 3.39. The Kier molecular flexibility index (Phi) is 6.84. The predicted octanol–water partition coefficient (Wildman–Crippen LogP) is 9.74. The molecule has 6 aromatic rings. The van der Waals surface area contributed by atoms with E-state index in [1.807, 2.05) is 30.3 Å². The first kappa shape index (κ1) is 29.0. The minimum absolute atomic E-state index is 0.303. The maximum absolute atomic E-state index is 7.48. The summed E-state index contributed by atoms with van der Waals surface area (Å²) in [5.74, 6) is 3.27. The Labute approximate surface area is 275 Å². The van der Waals surface area contributed by atoms with Crippen molar-refractivity contribution in [2.45, 2.75) is 24.4 Å². The van der Waals surface area contributed by atoms with Crippen molar-refractivity contribution in [2.75, 3.05) is 21.3 Å². The van der Waals surface area contributed by atoms with Gasteiger partial charge in [0.05, 0.1) is 21.3 Å². The fourth-order valence-corrected chi connectivity index (χ4v) is 7.76. The molecule has 0 amide bonds. The lowest BCUT2D eigenvalue weighted by Gasteiger charge is -2.39. The summed E-state index contributed by atoms with van der Waals surface area (Å²) in [6.45, 7) is 2.39. The van der Waals surface area contributed by atoms with E-state index in [2.05, 4.69) is 110 Å². The van der Waals surface area contributed by atoms with Crippen LogP contribution in [0.25, 0.3) is 28.0 Å². The van der Waals surface area contributed by atoms with Crippen LogP contribution in [0.15, 0.2) is 127 Å². The Morgan fingerprint density at radius 2 is 1.21 bits per heavy atom. The molecular formula is C43H36O4. The molecule has 0 radical (unpaired) electrons. The molecule has 232 valence electrons. The minimum atomic E-state index is -0.895. The van der Waals surface area contributed by atoms with Gasteiger partial charge >= 0.3 is 0 Å². The van der Waals surface area contributed by atoms with E-state index in [4.69, 9.17) is 18.9 Å². The van der Waals surface area contributed by atoms with Crippen LogP contribution in [0.3, 0.4) is 0 Å². The lowest BCUT2D eigenvalue weighted by atomic mass is 9.72. The van der Waals surface area contributed by atoms with Gasteiger partial charge in [-0.05, 0) is 88.2 Å². The molecule has 0 spiro atoms. The lowest BCUT2D eigenvalue weighted by Crippen LogP contribution is -2.35. The van der Waals surface area contributed by atoms with Crippen molar-refractivity contribution < 1.29 is 18.9 Å². The molecule has 0 saturated carbocycles. The van der Waals surface area contributed by atoms with E-state index in [-0.39, 0.29) is 5.41 Å². The van der Waals surface area contributed by atoms with Gasteiger partial charge in [0.25, 0.3) is 0 Å². The second-order valence-electron chi connectivity index (χ2n) is 12.6. The van der Waals surface area contributed by atoms with E-state index in [1.54, 1.807) is 21.3 Å². The van der Waals surface area contributed by atoms with E-state index in [0.29, 0.717) is 0 Å². The van der Waals surface area contributed by atoms with Gasteiger partial charge in [-0.2, -0.15) is 0 Å². The summed E-state index contributed by atoms with van der Waals surface area (Å²) in [5.41, 5.74) is 8.34. The quantitative estimate of drug-likeness (QED) is 0.179. The van der Waals surface area contributed by atoms with E-state index < -0.39 is 5.60 Å². The summed E-state index contributed by atoms with van der Waals surface area (Å²) in [4.78, 5) is 0. The van der Waals surface area contributed by atoms with Crippen LogP contribution < -0.4 is 18.9 Å². The molecule has 0 bridgehead atoms. The maximum Gasteiger partial charge on any atom is 0.178 e. The highest BCUT2D eigenvalue weighted by Gasteiger charge is 2.46. The summed E-state index contributed by atoms with van der Waals surface area (Å²) in [6, 6.07) is 42.3. The Balaban J connectivity index is 1.43. The van der Waals surface area contributed by atoms with E-state index >= 15 is 0 Å². The molecule has 8 rings (SSSR count). The highest BCUT2D eigenvalue weighted by Crippen LogP contribution is 2.59. The number of hydrogen-bond donors (Lipinski definition) is 0. The van der Waals surface area contributed by atoms with Crippen molar-refractivity contribution in [3.63, 3.8) is 0 Å². The van der Waals surface area contributed by atoms with Crippen molar-refractivity contribution in [2.24, 2.45) is 0 Å². The SMILES string of the molecule is COc1ccc(C2(c3ccc(OC)cc3)C=Cc3c4c(c5cc(OC)ccc5c3O2)-c2ccccc2C4(C)Cc2ccccc2)cc1. The Bertz CT molecular complexity index is 2100. The molecular weight excluding hydrogens is 580 g/mol. The van der Waals surface area contributed by atoms with Gasteiger partial charge in [0.2, 0.25) is 0 Å². The molecule has 1 heterocycles. The third-order valence-electron chi connectivity index (χ3n) is 10.0. The van der Waals surface area contributed by atoms with Crippen LogP contribution in [0, 0.1) is 0 Å². The van der Waals surface area contributed by atoms with Gasteiger partial charge in [0, 0.05) is 27.5 Å². The van der Waals surface area contributed by atoms with Gasteiger partial charge < -0.3 is 18.9 Å². The second kappa shape index (κ2) is 11.1. The van der Waals surface area contributed by atoms with E-state index in [0.717, 1.165) is 56.9 Å². The summed E-state index contributed by atoms with van der Waals surface area (Å²) in [6.07, 6.45) is 5.38. The molecule has 0 aromatic heterocycles. The van der Waals surface area contributed by atoms with Crippen molar-refractivity contribution in [1.29, 1.82) is 0 Å². The summed E-state index contributed by atoms with van der Waals surface area (Å²) >= 11 is 0. The molecule has 47 heavy (non-hydrogen) atoms. The standard InChI is InChI=1S/C43H36O4/c1-42(27-28-10-6-5-7-11-28)38-13-9-8-12-35(38)39-37-26-33(46-4)22-23-34(37)41-36(40(39)42)24-25-43(47-41,29-14-18-31(44-2)19-15-29)30-16-20-32(45-3)21-17-30/h5-26H,27H2,1-4H3. The number of methoxy groups -OCH3 is 3. The Morgan fingerprint density at radius 3 is 1.85 bits per heavy atom. The number of rotatable bonds is 7. The van der Waals surface area contributed by atoms with Crippen LogP contribution in [0.5, 0.6) is 23.0 Å². The van der Waals surface area contributed by atoms with Crippen LogP contribution in [-0.2, 0) is 17.4 Å². The monoisotopic (exact) mass is 616 g/mol. The van der Waals surface area contributed by atoms with Gasteiger partial charge in [0.15, 0.2) is 5.60 Å².